The van der Waals surface area contributed by atoms with Crippen LogP contribution in [0.4, 0.5) is 0 Å². The van der Waals surface area contributed by atoms with Crippen molar-refractivity contribution < 1.29 is 17.3 Å². The SMILES string of the molecule is COCC#CC1(OS(=O)(=O)c2ccccc2)c2ccccc2-c2ccccc21. The average molecular weight is 390 g/mol. The molecular weight excluding hydrogens is 372 g/mol. The van der Waals surface area contributed by atoms with E-state index in [0.29, 0.717) is 11.1 Å². The predicted octanol–water partition coefficient (Wildman–Crippen LogP) is 3.97. The van der Waals surface area contributed by atoms with Gasteiger partial charge in [-0.15, -0.1) is 0 Å². The molecule has 1 aliphatic carbocycles. The Morgan fingerprint density at radius 1 is 0.821 bits per heavy atom. The minimum Gasteiger partial charge on any atom is -0.372 e. The largest absolute Gasteiger partial charge is 0.372 e. The lowest BCUT2D eigenvalue weighted by molar-refractivity contribution is 0.187. The molecule has 0 atom stereocenters. The fourth-order valence-electron chi connectivity index (χ4n) is 3.47. The Balaban J connectivity index is 1.96. The Kier molecular flexibility index (Phi) is 4.78. The summed E-state index contributed by atoms with van der Waals surface area (Å²) in [6.07, 6.45) is 0. The van der Waals surface area contributed by atoms with Crippen molar-refractivity contribution in [3.8, 4) is 23.0 Å². The third kappa shape index (κ3) is 3.02. The van der Waals surface area contributed by atoms with E-state index in [1.165, 1.54) is 12.1 Å². The van der Waals surface area contributed by atoms with E-state index in [-0.39, 0.29) is 11.5 Å². The molecular formula is C23H18O4S. The first-order chi connectivity index (χ1) is 13.6. The minimum atomic E-state index is -4.07. The molecule has 0 bridgehead atoms. The second-order valence-corrected chi connectivity index (χ2v) is 7.90. The molecule has 0 radical (unpaired) electrons. The van der Waals surface area contributed by atoms with Crippen molar-refractivity contribution in [2.45, 2.75) is 10.5 Å². The molecule has 0 aliphatic heterocycles. The zero-order valence-corrected chi connectivity index (χ0v) is 16.1. The van der Waals surface area contributed by atoms with E-state index in [2.05, 4.69) is 11.8 Å². The van der Waals surface area contributed by atoms with Crippen molar-refractivity contribution in [1.29, 1.82) is 0 Å². The fourth-order valence-corrected chi connectivity index (χ4v) is 4.61. The summed E-state index contributed by atoms with van der Waals surface area (Å²) in [5.74, 6) is 5.97. The molecule has 0 aromatic heterocycles. The zero-order valence-electron chi connectivity index (χ0n) is 15.3. The summed E-state index contributed by atoms with van der Waals surface area (Å²) < 4.78 is 37.2. The molecule has 1 aliphatic rings. The number of fused-ring (bicyclic) bond motifs is 3. The molecule has 3 aromatic carbocycles. The van der Waals surface area contributed by atoms with Crippen LogP contribution in [0.2, 0.25) is 0 Å². The van der Waals surface area contributed by atoms with Crippen molar-refractivity contribution in [2.24, 2.45) is 0 Å². The van der Waals surface area contributed by atoms with Gasteiger partial charge < -0.3 is 4.74 Å². The van der Waals surface area contributed by atoms with Gasteiger partial charge >= 0.3 is 0 Å². The maximum Gasteiger partial charge on any atom is 0.299 e. The van der Waals surface area contributed by atoms with Gasteiger partial charge in [0.25, 0.3) is 10.1 Å². The molecule has 28 heavy (non-hydrogen) atoms. The highest BCUT2D eigenvalue weighted by atomic mass is 32.2. The smallest absolute Gasteiger partial charge is 0.299 e. The van der Waals surface area contributed by atoms with Crippen LogP contribution in [0.1, 0.15) is 11.1 Å². The van der Waals surface area contributed by atoms with Gasteiger partial charge in [-0.3, -0.25) is 0 Å². The van der Waals surface area contributed by atoms with Crippen LogP contribution in [-0.2, 0) is 24.6 Å². The van der Waals surface area contributed by atoms with E-state index >= 15 is 0 Å². The van der Waals surface area contributed by atoms with E-state index in [1.54, 1.807) is 25.3 Å². The second-order valence-electron chi connectivity index (χ2n) is 6.36. The van der Waals surface area contributed by atoms with Gasteiger partial charge in [0.05, 0.1) is 4.90 Å². The van der Waals surface area contributed by atoms with Gasteiger partial charge in [0.1, 0.15) is 6.61 Å². The molecule has 0 spiro atoms. The number of ether oxygens (including phenoxy) is 1. The number of hydrogen-bond donors (Lipinski definition) is 0. The summed E-state index contributed by atoms with van der Waals surface area (Å²) >= 11 is 0. The molecule has 0 saturated carbocycles. The lowest BCUT2D eigenvalue weighted by Crippen LogP contribution is -2.30. The summed E-state index contributed by atoms with van der Waals surface area (Å²) in [6.45, 7) is 0.167. The van der Waals surface area contributed by atoms with E-state index in [9.17, 15) is 8.42 Å². The molecule has 0 N–H and O–H groups in total. The monoisotopic (exact) mass is 390 g/mol. The fraction of sp³-hybridized carbons (Fsp3) is 0.130. The summed E-state index contributed by atoms with van der Waals surface area (Å²) in [5, 5.41) is 0. The molecule has 0 fully saturated rings. The number of rotatable bonds is 4. The molecule has 4 nitrogen and oxygen atoms in total. The van der Waals surface area contributed by atoms with Gasteiger partial charge in [0.15, 0.2) is 5.60 Å². The van der Waals surface area contributed by atoms with Crippen LogP contribution in [0.15, 0.2) is 83.8 Å². The van der Waals surface area contributed by atoms with Gasteiger partial charge in [-0.2, -0.15) is 8.42 Å². The van der Waals surface area contributed by atoms with Crippen LogP contribution in [-0.4, -0.2) is 22.1 Å². The van der Waals surface area contributed by atoms with Gasteiger partial charge in [0.2, 0.25) is 0 Å². The molecule has 0 amide bonds. The third-order valence-corrected chi connectivity index (χ3v) is 5.97. The average Bonchev–Trinajstić information content (AvgIpc) is 2.99. The normalized spacial score (nSPS) is 13.9. The molecule has 5 heteroatoms. The number of hydrogen-bond acceptors (Lipinski definition) is 4. The second kappa shape index (κ2) is 7.25. The molecule has 3 aromatic rings. The molecule has 4 rings (SSSR count). The van der Waals surface area contributed by atoms with Crippen LogP contribution in [0.25, 0.3) is 11.1 Å². The zero-order chi connectivity index (χ0) is 19.6. The first-order valence-electron chi connectivity index (χ1n) is 8.77. The van der Waals surface area contributed by atoms with Crippen LogP contribution in [0, 0.1) is 11.8 Å². The van der Waals surface area contributed by atoms with E-state index in [4.69, 9.17) is 8.92 Å². The van der Waals surface area contributed by atoms with Crippen molar-refractivity contribution in [3.63, 3.8) is 0 Å². The quantitative estimate of drug-likeness (QED) is 0.500. The van der Waals surface area contributed by atoms with Crippen LogP contribution in [0.3, 0.4) is 0 Å². The Morgan fingerprint density at radius 2 is 1.36 bits per heavy atom. The van der Waals surface area contributed by atoms with Crippen molar-refractivity contribution in [1.82, 2.24) is 0 Å². The Labute approximate surface area is 164 Å². The summed E-state index contributed by atoms with van der Waals surface area (Å²) in [4.78, 5) is 0.0878. The maximum atomic E-state index is 13.1. The van der Waals surface area contributed by atoms with Gasteiger partial charge in [-0.1, -0.05) is 78.6 Å². The molecule has 140 valence electrons. The summed E-state index contributed by atoms with van der Waals surface area (Å²) in [6, 6.07) is 23.3. The Hall–Kier alpha value is -2.91. The first kappa shape index (κ1) is 18.5. The van der Waals surface area contributed by atoms with E-state index in [0.717, 1.165) is 11.1 Å². The molecule has 0 saturated heterocycles. The topological polar surface area (TPSA) is 52.6 Å². The van der Waals surface area contributed by atoms with Crippen LogP contribution in [0.5, 0.6) is 0 Å². The summed E-state index contributed by atoms with van der Waals surface area (Å²) in [7, 11) is -2.53. The predicted molar refractivity (Wildman–Crippen MR) is 107 cm³/mol. The summed E-state index contributed by atoms with van der Waals surface area (Å²) in [5.41, 5.74) is 1.81. The van der Waals surface area contributed by atoms with Crippen LogP contribution >= 0.6 is 0 Å². The van der Waals surface area contributed by atoms with Gasteiger partial charge in [-0.05, 0) is 23.3 Å². The van der Waals surface area contributed by atoms with E-state index < -0.39 is 15.7 Å². The minimum absolute atomic E-state index is 0.0878. The standard InChI is InChI=1S/C23H18O4S/c1-26-17-9-16-23(27-28(24,25)18-10-3-2-4-11-18)21-14-7-5-12-19(21)20-13-6-8-15-22(20)23/h2-8,10-15H,17H2,1H3. The Bertz CT molecular complexity index is 1130. The first-order valence-corrected chi connectivity index (χ1v) is 10.2. The lowest BCUT2D eigenvalue weighted by atomic mass is 9.92. The van der Waals surface area contributed by atoms with Crippen molar-refractivity contribution >= 4 is 10.1 Å². The number of methoxy groups -OCH3 is 1. The van der Waals surface area contributed by atoms with Gasteiger partial charge in [-0.25, -0.2) is 4.18 Å². The van der Waals surface area contributed by atoms with Gasteiger partial charge in [0, 0.05) is 18.2 Å². The van der Waals surface area contributed by atoms with Crippen molar-refractivity contribution in [3.05, 3.63) is 90.0 Å². The third-order valence-electron chi connectivity index (χ3n) is 4.65. The van der Waals surface area contributed by atoms with Crippen molar-refractivity contribution in [2.75, 3.05) is 13.7 Å². The van der Waals surface area contributed by atoms with Crippen LogP contribution < -0.4 is 0 Å². The number of benzene rings is 3. The highest BCUT2D eigenvalue weighted by Crippen LogP contribution is 2.50. The molecule has 0 unspecified atom stereocenters. The molecule has 0 heterocycles. The highest BCUT2D eigenvalue weighted by molar-refractivity contribution is 7.86. The Morgan fingerprint density at radius 3 is 1.93 bits per heavy atom. The highest BCUT2D eigenvalue weighted by Gasteiger charge is 2.47. The van der Waals surface area contributed by atoms with E-state index in [1.807, 2.05) is 48.5 Å². The maximum absolute atomic E-state index is 13.1. The lowest BCUT2D eigenvalue weighted by Gasteiger charge is -2.26.